The maximum absolute atomic E-state index is 15.0. The molecule has 1 atom stereocenters. The molecule has 10 aromatic carbocycles. The Labute approximate surface area is 381 Å². The Balaban J connectivity index is 1.09. The van der Waals surface area contributed by atoms with Crippen molar-refractivity contribution < 1.29 is 0 Å². The van der Waals surface area contributed by atoms with Gasteiger partial charge in [0.1, 0.15) is 0 Å². The van der Waals surface area contributed by atoms with Crippen LogP contribution < -0.4 is 10.5 Å². The van der Waals surface area contributed by atoms with E-state index in [1.54, 1.807) is 0 Å². The van der Waals surface area contributed by atoms with Gasteiger partial charge in [0.2, 0.25) is 0 Å². The van der Waals surface area contributed by atoms with Crippen LogP contribution in [0.15, 0.2) is 235 Å². The van der Waals surface area contributed by atoms with Gasteiger partial charge in [-0.3, -0.25) is 9.36 Å². The third kappa shape index (κ3) is 4.18. The quantitative estimate of drug-likeness (QED) is 0.162. The van der Waals surface area contributed by atoms with Gasteiger partial charge in [0.15, 0.2) is 0 Å². The maximum Gasteiger partial charge on any atom is 0.263 e. The topological polar surface area (TPSA) is 25.2 Å². The van der Waals surface area contributed by atoms with Gasteiger partial charge >= 0.3 is 0 Å². The molecule has 0 N–H and O–H groups in total. The van der Waals surface area contributed by atoms with Crippen molar-refractivity contribution in [3.8, 4) is 39.1 Å². The van der Waals surface area contributed by atoms with E-state index in [1.165, 1.54) is 55.6 Å². The predicted octanol–water partition coefficient (Wildman–Crippen LogP) is 14.6. The van der Waals surface area contributed by atoms with E-state index in [1.807, 2.05) is 22.8 Å². The van der Waals surface area contributed by atoms with E-state index in [9.17, 15) is 4.79 Å². The van der Waals surface area contributed by atoms with Crippen LogP contribution in [-0.4, -0.2) is 4.57 Å². The number of hydrogen-bond acceptors (Lipinski definition) is 2. The minimum absolute atomic E-state index is 0.000617. The summed E-state index contributed by atoms with van der Waals surface area (Å²) in [5, 5.41) is 2.76. The second kappa shape index (κ2) is 12.8. The molecule has 0 amide bonds. The number of pyridine rings is 1. The van der Waals surface area contributed by atoms with Crippen LogP contribution in [0, 0.1) is 0 Å². The Morgan fingerprint density at radius 1 is 0.303 bits per heavy atom. The molecule has 15 rings (SSSR count). The van der Waals surface area contributed by atoms with Crippen LogP contribution in [0.2, 0.25) is 0 Å². The Kier molecular flexibility index (Phi) is 6.96. The molecule has 66 heavy (non-hydrogen) atoms. The van der Waals surface area contributed by atoms with Crippen LogP contribution in [0.4, 0.5) is 17.1 Å². The number of anilines is 3. The Bertz CT molecular complexity index is 3950. The number of nitrogens with zero attached hydrogens (tertiary/aromatic N) is 2. The summed E-state index contributed by atoms with van der Waals surface area (Å²) in [5.41, 5.74) is 21.1. The number of para-hydroxylation sites is 3. The predicted molar refractivity (Wildman–Crippen MR) is 269 cm³/mol. The molecule has 1 unspecified atom stereocenters. The van der Waals surface area contributed by atoms with E-state index in [0.29, 0.717) is 0 Å². The van der Waals surface area contributed by atoms with Crippen molar-refractivity contribution in [2.45, 2.75) is 10.8 Å². The number of aromatic nitrogens is 1. The fourth-order valence-electron chi connectivity index (χ4n) is 13.0. The lowest BCUT2D eigenvalue weighted by Gasteiger charge is -2.49. The summed E-state index contributed by atoms with van der Waals surface area (Å²) in [7, 11) is 0. The zero-order valence-corrected chi connectivity index (χ0v) is 35.7. The van der Waals surface area contributed by atoms with Gasteiger partial charge in [-0.25, -0.2) is 0 Å². The molecule has 0 bridgehead atoms. The summed E-state index contributed by atoms with van der Waals surface area (Å²) >= 11 is 0. The molecule has 4 aliphatic rings. The van der Waals surface area contributed by atoms with E-state index in [-0.39, 0.29) is 5.56 Å². The normalized spacial score (nSPS) is 16.1. The molecule has 3 heteroatoms. The SMILES string of the molecule is O=c1c2ccccc2c2cccc3c2n1-c1ccccc1C31c2ccccc2N(c2cccc3c2-c2ccccc2C32c3ccccc3-c3ccccc32)c2ccc(-c3ccccc3)cc21. The Morgan fingerprint density at radius 3 is 1.53 bits per heavy atom. The second-order valence-corrected chi connectivity index (χ2v) is 18.2. The van der Waals surface area contributed by atoms with Crippen LogP contribution in [-0.2, 0) is 10.8 Å². The molecule has 2 spiro atoms. The summed E-state index contributed by atoms with van der Waals surface area (Å²) in [5.74, 6) is 0. The molecule has 2 aliphatic carbocycles. The summed E-state index contributed by atoms with van der Waals surface area (Å²) in [4.78, 5) is 17.5. The molecule has 306 valence electrons. The highest BCUT2D eigenvalue weighted by atomic mass is 16.1. The van der Waals surface area contributed by atoms with Crippen LogP contribution >= 0.6 is 0 Å². The van der Waals surface area contributed by atoms with Gasteiger partial charge in [-0.2, -0.15) is 0 Å². The third-order valence-electron chi connectivity index (χ3n) is 15.4. The van der Waals surface area contributed by atoms with E-state index >= 15 is 0 Å². The zero-order chi connectivity index (χ0) is 43.3. The van der Waals surface area contributed by atoms with Gasteiger partial charge < -0.3 is 4.90 Å². The first-order valence-electron chi connectivity index (χ1n) is 22.9. The van der Waals surface area contributed by atoms with E-state index in [2.05, 4.69) is 217 Å². The third-order valence-corrected chi connectivity index (χ3v) is 15.4. The minimum Gasteiger partial charge on any atom is -0.309 e. The summed E-state index contributed by atoms with van der Waals surface area (Å²) in [6.07, 6.45) is 0. The molecule has 0 saturated heterocycles. The van der Waals surface area contributed by atoms with E-state index < -0.39 is 10.8 Å². The van der Waals surface area contributed by atoms with Crippen molar-refractivity contribution in [3.05, 3.63) is 285 Å². The van der Waals surface area contributed by atoms with Crippen molar-refractivity contribution in [2.75, 3.05) is 4.90 Å². The van der Waals surface area contributed by atoms with Gasteiger partial charge in [0.25, 0.3) is 5.56 Å². The largest absolute Gasteiger partial charge is 0.309 e. The lowest BCUT2D eigenvalue weighted by Crippen LogP contribution is -2.42. The average molecular weight is 839 g/mol. The fourth-order valence-corrected chi connectivity index (χ4v) is 13.0. The van der Waals surface area contributed by atoms with Crippen molar-refractivity contribution >= 4 is 38.7 Å². The molecule has 1 aromatic heterocycles. The average Bonchev–Trinajstić information content (AvgIpc) is 3.86. The molecule has 11 aromatic rings. The van der Waals surface area contributed by atoms with Crippen molar-refractivity contribution in [3.63, 3.8) is 0 Å². The van der Waals surface area contributed by atoms with Crippen molar-refractivity contribution in [1.29, 1.82) is 0 Å². The van der Waals surface area contributed by atoms with Crippen LogP contribution in [0.25, 0.3) is 60.7 Å². The van der Waals surface area contributed by atoms with Crippen LogP contribution in [0.5, 0.6) is 0 Å². The van der Waals surface area contributed by atoms with Gasteiger partial charge in [0.05, 0.1) is 39.1 Å². The Morgan fingerprint density at radius 2 is 0.788 bits per heavy atom. The van der Waals surface area contributed by atoms with Gasteiger partial charge in [0, 0.05) is 16.3 Å². The molecular formula is C63H38N2O. The highest BCUT2D eigenvalue weighted by Gasteiger charge is 2.54. The van der Waals surface area contributed by atoms with Crippen LogP contribution in [0.3, 0.4) is 0 Å². The minimum atomic E-state index is -0.807. The maximum atomic E-state index is 15.0. The van der Waals surface area contributed by atoms with Crippen LogP contribution in [0.1, 0.15) is 44.5 Å². The molecular weight excluding hydrogens is 801 g/mol. The van der Waals surface area contributed by atoms with Gasteiger partial charge in [-0.15, -0.1) is 0 Å². The second-order valence-electron chi connectivity index (χ2n) is 18.2. The monoisotopic (exact) mass is 838 g/mol. The molecule has 3 heterocycles. The summed E-state index contributed by atoms with van der Waals surface area (Å²) in [6, 6.07) is 84.4. The first-order chi connectivity index (χ1) is 32.7. The fraction of sp³-hybridized carbons (Fsp3) is 0.0317. The molecule has 2 aliphatic heterocycles. The highest BCUT2D eigenvalue weighted by Crippen LogP contribution is 2.67. The highest BCUT2D eigenvalue weighted by molar-refractivity contribution is 6.10. The smallest absolute Gasteiger partial charge is 0.263 e. The Hall–Kier alpha value is -8.53. The van der Waals surface area contributed by atoms with E-state index in [4.69, 9.17) is 0 Å². The van der Waals surface area contributed by atoms with Crippen molar-refractivity contribution in [1.82, 2.24) is 4.57 Å². The molecule has 3 nitrogen and oxygen atoms in total. The van der Waals surface area contributed by atoms with Gasteiger partial charge in [-0.1, -0.05) is 194 Å². The summed E-state index contributed by atoms with van der Waals surface area (Å²) < 4.78 is 2.00. The van der Waals surface area contributed by atoms with Crippen molar-refractivity contribution in [2.24, 2.45) is 0 Å². The summed E-state index contributed by atoms with van der Waals surface area (Å²) in [6.45, 7) is 0. The lowest BCUT2D eigenvalue weighted by molar-refractivity contribution is 0.709. The number of fused-ring (bicyclic) bond motifs is 20. The molecule has 0 fully saturated rings. The number of hydrogen-bond donors (Lipinski definition) is 0. The standard InChI is InChI=1S/C63H38N2O/c66-61-45-23-5-4-20-41(45)44-25-16-32-53-60(44)65(61)56-34-15-13-30-51(56)63(53)50-29-12-14-33-55(50)64(57-37-36-40(38-54(57)63)39-18-2-1-3-19-39)58-35-17-31-52-59(58)46-24-8-11-28-49(46)62(52)47-26-9-6-21-42(47)43-22-7-10-27-48(43)62/h1-38H. The number of rotatable bonds is 2. The number of benzene rings is 10. The first-order valence-corrected chi connectivity index (χ1v) is 22.9. The molecule has 0 saturated carbocycles. The van der Waals surface area contributed by atoms with Gasteiger partial charge in [-0.05, 0) is 114 Å². The van der Waals surface area contributed by atoms with E-state index in [0.717, 1.165) is 66.7 Å². The zero-order valence-electron chi connectivity index (χ0n) is 35.7. The lowest BCUT2D eigenvalue weighted by atomic mass is 9.60. The first kappa shape index (κ1) is 35.9. The molecule has 0 radical (unpaired) electrons.